The highest BCUT2D eigenvalue weighted by atomic mass is 16.1. The Morgan fingerprint density at radius 3 is 2.71 bits per heavy atom. The molecule has 0 aromatic carbocycles. The van der Waals surface area contributed by atoms with E-state index in [1.54, 1.807) is 30.7 Å². The van der Waals surface area contributed by atoms with Gasteiger partial charge in [0.1, 0.15) is 5.82 Å². The van der Waals surface area contributed by atoms with E-state index in [-0.39, 0.29) is 11.9 Å². The van der Waals surface area contributed by atoms with Gasteiger partial charge in [0.25, 0.3) is 5.91 Å². The molecule has 1 aliphatic heterocycles. The molecule has 0 unspecified atom stereocenters. The summed E-state index contributed by atoms with van der Waals surface area (Å²) in [6, 6.07) is 5.67. The highest BCUT2D eigenvalue weighted by Crippen LogP contribution is 2.19. The first-order valence-electron chi connectivity index (χ1n) is 8.09. The van der Waals surface area contributed by atoms with E-state index in [0.29, 0.717) is 11.5 Å². The Kier molecular flexibility index (Phi) is 4.88. The van der Waals surface area contributed by atoms with E-state index in [1.165, 1.54) is 0 Å². The van der Waals surface area contributed by atoms with Crippen LogP contribution in [0.5, 0.6) is 0 Å². The number of rotatable bonds is 4. The number of carbonyl (C=O) groups excluding carboxylic acids is 1. The van der Waals surface area contributed by atoms with Gasteiger partial charge >= 0.3 is 0 Å². The smallest absolute Gasteiger partial charge is 0.253 e. The molecule has 2 aromatic heterocycles. The molecule has 0 radical (unpaired) electrons. The Morgan fingerprint density at radius 2 is 2.04 bits per heavy atom. The number of pyridine rings is 1. The highest BCUT2D eigenvalue weighted by molar-refractivity contribution is 5.94. The normalized spacial score (nSPS) is 15.2. The van der Waals surface area contributed by atoms with E-state index in [2.05, 4.69) is 25.2 Å². The van der Waals surface area contributed by atoms with E-state index >= 15 is 0 Å². The highest BCUT2D eigenvalue weighted by Gasteiger charge is 2.22. The number of carbonyl (C=O) groups is 1. The van der Waals surface area contributed by atoms with Gasteiger partial charge in [-0.15, -0.1) is 0 Å². The molecule has 24 heavy (non-hydrogen) atoms. The van der Waals surface area contributed by atoms with Gasteiger partial charge in [-0.3, -0.25) is 9.78 Å². The van der Waals surface area contributed by atoms with Crippen molar-refractivity contribution in [1.82, 2.24) is 20.3 Å². The van der Waals surface area contributed by atoms with E-state index in [1.807, 2.05) is 25.1 Å². The first-order valence-corrected chi connectivity index (χ1v) is 8.09. The monoisotopic (exact) mass is 326 g/mol. The Hall–Kier alpha value is -2.70. The number of hydrogen-bond acceptors (Lipinski definition) is 6. The van der Waals surface area contributed by atoms with Crippen LogP contribution in [0.4, 0.5) is 11.8 Å². The lowest BCUT2D eigenvalue weighted by atomic mass is 10.0. The van der Waals surface area contributed by atoms with Crippen molar-refractivity contribution in [3.8, 4) is 0 Å². The van der Waals surface area contributed by atoms with Crippen LogP contribution in [0, 0.1) is 0 Å². The van der Waals surface area contributed by atoms with Crippen LogP contribution < -0.4 is 15.1 Å². The molecule has 2 aromatic rings. The Balaban J connectivity index is 1.56. The number of hydrogen-bond donors (Lipinski definition) is 1. The maximum Gasteiger partial charge on any atom is 0.253 e. The molecule has 126 valence electrons. The first kappa shape index (κ1) is 16.2. The molecule has 0 bridgehead atoms. The molecule has 1 fully saturated rings. The summed E-state index contributed by atoms with van der Waals surface area (Å²) in [5, 5.41) is 3.09. The van der Waals surface area contributed by atoms with Gasteiger partial charge in [-0.25, -0.2) is 4.98 Å². The van der Waals surface area contributed by atoms with Crippen LogP contribution in [0.2, 0.25) is 0 Å². The minimum atomic E-state index is -0.0570. The van der Waals surface area contributed by atoms with Crippen molar-refractivity contribution in [1.29, 1.82) is 0 Å². The standard InChI is InChI=1S/C17H22N6O/c1-22(2)17-19-9-5-15(21-17)23-10-6-14(7-11-23)20-16(24)13-4-3-8-18-12-13/h3-5,8-9,12,14H,6-7,10-11H2,1-2H3,(H,20,24). The summed E-state index contributed by atoms with van der Waals surface area (Å²) in [5.41, 5.74) is 0.603. The lowest BCUT2D eigenvalue weighted by Gasteiger charge is -2.33. The van der Waals surface area contributed by atoms with Gasteiger partial charge in [0.05, 0.1) is 5.56 Å². The van der Waals surface area contributed by atoms with Gasteiger partial charge in [-0.2, -0.15) is 4.98 Å². The molecule has 0 saturated carbocycles. The molecule has 0 atom stereocenters. The average molecular weight is 326 g/mol. The summed E-state index contributed by atoms with van der Waals surface area (Å²) in [7, 11) is 3.86. The summed E-state index contributed by atoms with van der Waals surface area (Å²) in [6.07, 6.45) is 6.83. The minimum absolute atomic E-state index is 0.0570. The molecule has 1 saturated heterocycles. The van der Waals surface area contributed by atoms with Crippen LogP contribution >= 0.6 is 0 Å². The number of amides is 1. The van der Waals surface area contributed by atoms with Gasteiger partial charge in [0.2, 0.25) is 5.95 Å². The maximum atomic E-state index is 12.2. The van der Waals surface area contributed by atoms with E-state index in [0.717, 1.165) is 31.7 Å². The summed E-state index contributed by atoms with van der Waals surface area (Å²) < 4.78 is 0. The molecular formula is C17H22N6O. The number of aromatic nitrogens is 3. The molecule has 7 nitrogen and oxygen atoms in total. The predicted octanol–water partition coefficient (Wildman–Crippen LogP) is 1.34. The van der Waals surface area contributed by atoms with Gasteiger partial charge < -0.3 is 15.1 Å². The number of nitrogens with zero attached hydrogens (tertiary/aromatic N) is 5. The van der Waals surface area contributed by atoms with Crippen molar-refractivity contribution >= 4 is 17.7 Å². The van der Waals surface area contributed by atoms with E-state index in [9.17, 15) is 4.79 Å². The topological polar surface area (TPSA) is 74.2 Å². The van der Waals surface area contributed by atoms with Gasteiger partial charge in [0, 0.05) is 51.8 Å². The fraction of sp³-hybridized carbons (Fsp3) is 0.412. The van der Waals surface area contributed by atoms with Crippen molar-refractivity contribution in [2.75, 3.05) is 37.0 Å². The Labute approximate surface area is 141 Å². The number of nitrogens with one attached hydrogen (secondary N) is 1. The van der Waals surface area contributed by atoms with Crippen LogP contribution in [0.25, 0.3) is 0 Å². The van der Waals surface area contributed by atoms with Crippen LogP contribution in [-0.2, 0) is 0 Å². The zero-order chi connectivity index (χ0) is 16.9. The molecule has 1 aliphatic rings. The quantitative estimate of drug-likeness (QED) is 0.914. The fourth-order valence-electron chi connectivity index (χ4n) is 2.75. The molecule has 1 amide bonds. The lowest BCUT2D eigenvalue weighted by molar-refractivity contribution is 0.0930. The third kappa shape index (κ3) is 3.79. The molecule has 1 N–H and O–H groups in total. The number of anilines is 2. The molecule has 7 heteroatoms. The van der Waals surface area contributed by atoms with Crippen molar-refractivity contribution in [3.63, 3.8) is 0 Å². The minimum Gasteiger partial charge on any atom is -0.356 e. The SMILES string of the molecule is CN(C)c1nccc(N2CCC(NC(=O)c3cccnc3)CC2)n1. The molecule has 3 heterocycles. The lowest BCUT2D eigenvalue weighted by Crippen LogP contribution is -2.45. The summed E-state index contributed by atoms with van der Waals surface area (Å²) in [5.74, 6) is 1.59. The van der Waals surface area contributed by atoms with Crippen molar-refractivity contribution in [2.45, 2.75) is 18.9 Å². The second-order valence-corrected chi connectivity index (χ2v) is 6.09. The van der Waals surface area contributed by atoms with Crippen molar-refractivity contribution in [2.24, 2.45) is 0 Å². The second kappa shape index (κ2) is 7.25. The van der Waals surface area contributed by atoms with E-state index in [4.69, 9.17) is 0 Å². The summed E-state index contributed by atoms with van der Waals surface area (Å²) >= 11 is 0. The zero-order valence-electron chi connectivity index (χ0n) is 14.0. The van der Waals surface area contributed by atoms with Gasteiger partial charge in [-0.05, 0) is 31.0 Å². The van der Waals surface area contributed by atoms with Crippen LogP contribution in [0.1, 0.15) is 23.2 Å². The molecule has 0 spiro atoms. The van der Waals surface area contributed by atoms with Gasteiger partial charge in [-0.1, -0.05) is 0 Å². The largest absolute Gasteiger partial charge is 0.356 e. The van der Waals surface area contributed by atoms with Crippen LogP contribution in [-0.4, -0.2) is 54.1 Å². The Morgan fingerprint density at radius 1 is 1.25 bits per heavy atom. The first-order chi connectivity index (χ1) is 11.6. The number of piperidine rings is 1. The average Bonchev–Trinajstić information content (AvgIpc) is 2.63. The third-order valence-corrected chi connectivity index (χ3v) is 4.11. The fourth-order valence-corrected chi connectivity index (χ4v) is 2.75. The molecular weight excluding hydrogens is 304 g/mol. The van der Waals surface area contributed by atoms with Crippen LogP contribution in [0.3, 0.4) is 0 Å². The zero-order valence-corrected chi connectivity index (χ0v) is 14.0. The summed E-state index contributed by atoms with van der Waals surface area (Å²) in [6.45, 7) is 1.73. The summed E-state index contributed by atoms with van der Waals surface area (Å²) in [4.78, 5) is 29.1. The predicted molar refractivity (Wildman–Crippen MR) is 93.3 cm³/mol. The Bertz CT molecular complexity index is 682. The van der Waals surface area contributed by atoms with Crippen molar-refractivity contribution in [3.05, 3.63) is 42.4 Å². The molecule has 0 aliphatic carbocycles. The van der Waals surface area contributed by atoms with Crippen molar-refractivity contribution < 1.29 is 4.79 Å². The third-order valence-electron chi connectivity index (χ3n) is 4.11. The van der Waals surface area contributed by atoms with E-state index < -0.39 is 0 Å². The second-order valence-electron chi connectivity index (χ2n) is 6.09. The maximum absolute atomic E-state index is 12.2. The molecule has 3 rings (SSSR count). The van der Waals surface area contributed by atoms with Gasteiger partial charge in [0.15, 0.2) is 0 Å². The van der Waals surface area contributed by atoms with Crippen LogP contribution in [0.15, 0.2) is 36.8 Å².